The monoisotopic (exact) mass is 912 g/mol. The Morgan fingerprint density at radius 3 is 0.871 bits per heavy atom. The highest BCUT2D eigenvalue weighted by Crippen LogP contribution is 2.68. The lowest BCUT2D eigenvalue weighted by Crippen LogP contribution is -2.44. The molecule has 10 aromatic rings. The van der Waals surface area contributed by atoms with Crippen LogP contribution in [0.3, 0.4) is 0 Å². The Balaban J connectivity index is 1.17. The Morgan fingerprint density at radius 1 is 0.300 bits per heavy atom. The average molecular weight is 913 g/mol. The number of anilines is 6. The summed E-state index contributed by atoms with van der Waals surface area (Å²) in [5.74, 6) is 3.21. The first-order chi connectivity index (χ1) is 34.3. The lowest BCUT2D eigenvalue weighted by molar-refractivity contribution is 0.376. The minimum Gasteiger partial charge on any atom is -0.497 e. The van der Waals surface area contributed by atoms with Gasteiger partial charge in [-0.1, -0.05) is 111 Å². The number of benzene rings is 10. The Hall–Kier alpha value is -8.48. The minimum absolute atomic E-state index is 0.602. The van der Waals surface area contributed by atoms with Crippen LogP contribution in [0.5, 0.6) is 23.0 Å². The van der Waals surface area contributed by atoms with Crippen molar-refractivity contribution >= 4 is 55.7 Å². The summed E-state index contributed by atoms with van der Waals surface area (Å²) in [7, 11) is 6.85. The van der Waals surface area contributed by atoms with Crippen molar-refractivity contribution in [3.8, 4) is 45.3 Å². The van der Waals surface area contributed by atoms with E-state index in [-0.39, 0.29) is 0 Å². The quantitative estimate of drug-likeness (QED) is 0.129. The fourth-order valence-corrected chi connectivity index (χ4v) is 11.9. The fourth-order valence-electron chi connectivity index (χ4n) is 11.9. The number of ether oxygens (including phenoxy) is 4. The van der Waals surface area contributed by atoms with Gasteiger partial charge in [-0.05, 0) is 164 Å². The molecule has 70 heavy (non-hydrogen) atoms. The van der Waals surface area contributed by atoms with Crippen LogP contribution in [0.25, 0.3) is 43.8 Å². The SMILES string of the molecule is COc1ccc(N(c2ccc(OC)cc2)c2cc3c(c4ccccc24)-c2ccccc2C3(C)C2(C)c3ccccc3-c3c2cc(N(c2ccc(OC)cc2)c2ccc(OC)cc2)c2ccccc32)cc1. The van der Waals surface area contributed by atoms with Crippen molar-refractivity contribution in [1.29, 1.82) is 0 Å². The third-order valence-corrected chi connectivity index (χ3v) is 15.4. The van der Waals surface area contributed by atoms with Crippen LogP contribution in [0.2, 0.25) is 0 Å². The molecule has 0 aromatic heterocycles. The van der Waals surface area contributed by atoms with Crippen molar-refractivity contribution < 1.29 is 18.9 Å². The van der Waals surface area contributed by atoms with E-state index in [0.717, 1.165) is 67.9 Å². The molecule has 342 valence electrons. The largest absolute Gasteiger partial charge is 0.497 e. The molecule has 0 radical (unpaired) electrons. The molecule has 0 saturated carbocycles. The zero-order valence-corrected chi connectivity index (χ0v) is 40.2. The predicted molar refractivity (Wildman–Crippen MR) is 287 cm³/mol. The van der Waals surface area contributed by atoms with Crippen molar-refractivity contribution in [3.05, 3.63) is 229 Å². The summed E-state index contributed by atoms with van der Waals surface area (Å²) in [4.78, 5) is 4.77. The van der Waals surface area contributed by atoms with Gasteiger partial charge in [0.25, 0.3) is 0 Å². The lowest BCUT2D eigenvalue weighted by Gasteiger charge is -2.46. The molecule has 0 fully saturated rings. The van der Waals surface area contributed by atoms with Gasteiger partial charge < -0.3 is 28.7 Å². The fraction of sp³-hybridized carbons (Fsp3) is 0.125. The normalized spacial score (nSPS) is 16.3. The van der Waals surface area contributed by atoms with Crippen LogP contribution in [0.1, 0.15) is 36.1 Å². The first-order valence-electron chi connectivity index (χ1n) is 23.8. The first-order valence-corrected chi connectivity index (χ1v) is 23.8. The number of hydrogen-bond donors (Lipinski definition) is 0. The molecule has 0 bridgehead atoms. The number of hydrogen-bond acceptors (Lipinski definition) is 6. The van der Waals surface area contributed by atoms with E-state index in [9.17, 15) is 0 Å². The molecule has 6 nitrogen and oxygen atoms in total. The van der Waals surface area contributed by atoms with Crippen LogP contribution >= 0.6 is 0 Å². The molecule has 0 amide bonds. The van der Waals surface area contributed by atoms with Crippen LogP contribution in [-0.2, 0) is 10.8 Å². The van der Waals surface area contributed by atoms with Gasteiger partial charge in [0, 0.05) is 44.4 Å². The number of methoxy groups -OCH3 is 4. The van der Waals surface area contributed by atoms with Crippen molar-refractivity contribution in [2.45, 2.75) is 24.7 Å². The van der Waals surface area contributed by atoms with Gasteiger partial charge in [-0.15, -0.1) is 0 Å². The summed E-state index contributed by atoms with van der Waals surface area (Å²) >= 11 is 0. The van der Waals surface area contributed by atoms with Gasteiger partial charge in [0.05, 0.1) is 39.8 Å². The number of nitrogens with zero attached hydrogens (tertiary/aromatic N) is 2. The van der Waals surface area contributed by atoms with E-state index >= 15 is 0 Å². The molecule has 10 aromatic carbocycles. The van der Waals surface area contributed by atoms with Gasteiger partial charge in [-0.2, -0.15) is 0 Å². The first kappa shape index (κ1) is 42.8. The third kappa shape index (κ3) is 6.25. The van der Waals surface area contributed by atoms with Gasteiger partial charge in [-0.3, -0.25) is 0 Å². The second-order valence-electron chi connectivity index (χ2n) is 18.5. The Labute approximate surface area is 409 Å². The minimum atomic E-state index is -0.602. The van der Waals surface area contributed by atoms with Crippen LogP contribution in [-0.4, -0.2) is 28.4 Å². The van der Waals surface area contributed by atoms with Gasteiger partial charge in [0.2, 0.25) is 0 Å². The molecule has 0 spiro atoms. The van der Waals surface area contributed by atoms with Gasteiger partial charge >= 0.3 is 0 Å². The van der Waals surface area contributed by atoms with Crippen LogP contribution in [0, 0.1) is 0 Å². The van der Waals surface area contributed by atoms with Crippen molar-refractivity contribution in [3.63, 3.8) is 0 Å². The Kier molecular flexibility index (Phi) is 10.2. The third-order valence-electron chi connectivity index (χ3n) is 15.4. The molecule has 12 rings (SSSR count). The molecule has 2 unspecified atom stereocenters. The van der Waals surface area contributed by atoms with Crippen molar-refractivity contribution in [1.82, 2.24) is 0 Å². The predicted octanol–water partition coefficient (Wildman–Crippen LogP) is 16.2. The zero-order chi connectivity index (χ0) is 47.7. The number of fused-ring (bicyclic) bond motifs is 10. The topological polar surface area (TPSA) is 43.4 Å². The molecule has 0 saturated heterocycles. The summed E-state index contributed by atoms with van der Waals surface area (Å²) in [5.41, 5.74) is 15.3. The highest BCUT2D eigenvalue weighted by atomic mass is 16.5. The van der Waals surface area contributed by atoms with Crippen LogP contribution in [0.15, 0.2) is 206 Å². The molecule has 6 heteroatoms. The highest BCUT2D eigenvalue weighted by Gasteiger charge is 2.58. The molecule has 0 heterocycles. The van der Waals surface area contributed by atoms with E-state index in [1.165, 1.54) is 55.3 Å². The van der Waals surface area contributed by atoms with Crippen molar-refractivity contribution in [2.75, 3.05) is 38.2 Å². The number of rotatable bonds is 11. The maximum Gasteiger partial charge on any atom is 0.119 e. The smallest absolute Gasteiger partial charge is 0.119 e. The summed E-state index contributed by atoms with van der Waals surface area (Å²) in [6, 6.07) is 74.6. The Bertz CT molecular complexity index is 3290. The van der Waals surface area contributed by atoms with E-state index < -0.39 is 10.8 Å². The maximum atomic E-state index is 5.68. The molecular weight excluding hydrogens is 861 g/mol. The van der Waals surface area contributed by atoms with Crippen LogP contribution in [0.4, 0.5) is 34.1 Å². The molecule has 0 N–H and O–H groups in total. The summed E-state index contributed by atoms with van der Waals surface area (Å²) < 4.78 is 22.7. The van der Waals surface area contributed by atoms with E-state index in [4.69, 9.17) is 18.9 Å². The van der Waals surface area contributed by atoms with E-state index in [0.29, 0.717) is 0 Å². The van der Waals surface area contributed by atoms with Gasteiger partial charge in [0.15, 0.2) is 0 Å². The summed E-state index contributed by atoms with van der Waals surface area (Å²) in [6.45, 7) is 5.01. The summed E-state index contributed by atoms with van der Waals surface area (Å²) in [6.07, 6.45) is 0. The Morgan fingerprint density at radius 2 is 0.571 bits per heavy atom. The highest BCUT2D eigenvalue weighted by molar-refractivity contribution is 6.13. The van der Waals surface area contributed by atoms with E-state index in [1.54, 1.807) is 28.4 Å². The second kappa shape index (κ2) is 16.6. The van der Waals surface area contributed by atoms with Crippen molar-refractivity contribution in [2.24, 2.45) is 0 Å². The van der Waals surface area contributed by atoms with E-state index in [1.807, 2.05) is 48.5 Å². The second-order valence-corrected chi connectivity index (χ2v) is 18.5. The maximum absolute atomic E-state index is 5.68. The summed E-state index contributed by atoms with van der Waals surface area (Å²) in [5, 5.41) is 4.73. The molecule has 2 aliphatic rings. The lowest BCUT2D eigenvalue weighted by atomic mass is 9.56. The molecule has 2 atom stereocenters. The molecular formula is C64H52N2O4. The average Bonchev–Trinajstić information content (AvgIpc) is 3.85. The standard InChI is InChI=1S/C64H52N2O4/c1-63(55-21-13-11-19-53(55)61-51-17-9-7-15-49(51)59(39-57(61)63)65(41-23-31-45(67-3)32-24-41)42-25-33-46(68-4)34-26-42)64(2)56-22-14-12-20-54(56)62-52-18-10-8-16-50(52)60(40-58(62)64)66(43-27-35-47(69-5)36-28-43)44-29-37-48(70-6)38-30-44/h7-40H,1-6H3. The van der Waals surface area contributed by atoms with E-state index in [2.05, 4.69) is 181 Å². The van der Waals surface area contributed by atoms with Gasteiger partial charge in [-0.25, -0.2) is 0 Å². The zero-order valence-electron chi connectivity index (χ0n) is 40.2. The van der Waals surface area contributed by atoms with Crippen LogP contribution < -0.4 is 28.7 Å². The molecule has 0 aliphatic heterocycles. The van der Waals surface area contributed by atoms with Gasteiger partial charge in [0.1, 0.15) is 23.0 Å². The molecule has 2 aliphatic carbocycles.